The highest BCUT2D eigenvalue weighted by molar-refractivity contribution is 5.94. The monoisotopic (exact) mass is 153 g/mol. The van der Waals surface area contributed by atoms with E-state index in [1.807, 2.05) is 0 Å². The molecular weight excluding hydrogens is 142 g/mol. The molecule has 0 spiro atoms. The van der Waals surface area contributed by atoms with E-state index in [1.165, 1.54) is 6.08 Å². The summed E-state index contributed by atoms with van der Waals surface area (Å²) in [6.45, 7) is 3.52. The third-order valence-corrected chi connectivity index (χ3v) is 1.83. The molecule has 0 fully saturated rings. The van der Waals surface area contributed by atoms with Crippen LogP contribution in [0.5, 0.6) is 0 Å². The summed E-state index contributed by atoms with van der Waals surface area (Å²) in [6, 6.07) is 0. The standard InChI is InChI=1S/C8H11NO2/c1-3-6-4-7(10)8(11,5-6)9-2/h3,5,9,11H,1,4H2,2H3. The Morgan fingerprint density at radius 1 is 1.91 bits per heavy atom. The minimum absolute atomic E-state index is 0.227. The van der Waals surface area contributed by atoms with Crippen LogP contribution in [0.1, 0.15) is 6.42 Å². The molecule has 1 rings (SSSR count). The molecule has 2 N–H and O–H groups in total. The first-order chi connectivity index (χ1) is 5.12. The minimum atomic E-state index is -1.45. The summed E-state index contributed by atoms with van der Waals surface area (Å²) in [7, 11) is 1.54. The van der Waals surface area contributed by atoms with Gasteiger partial charge in [0.05, 0.1) is 0 Å². The number of aliphatic hydroxyl groups is 1. The number of hydrogen-bond donors (Lipinski definition) is 2. The number of rotatable bonds is 2. The summed E-state index contributed by atoms with van der Waals surface area (Å²) in [6.07, 6.45) is 3.33. The number of ketones is 1. The lowest BCUT2D eigenvalue weighted by Crippen LogP contribution is -2.45. The van der Waals surface area contributed by atoms with Gasteiger partial charge < -0.3 is 5.11 Å². The number of carbonyl (C=O) groups excluding carboxylic acids is 1. The van der Waals surface area contributed by atoms with Crippen LogP contribution in [-0.4, -0.2) is 23.7 Å². The van der Waals surface area contributed by atoms with Gasteiger partial charge in [-0.05, 0) is 18.7 Å². The smallest absolute Gasteiger partial charge is 0.196 e. The fraction of sp³-hybridized carbons (Fsp3) is 0.375. The van der Waals surface area contributed by atoms with Gasteiger partial charge in [0, 0.05) is 6.42 Å². The third kappa shape index (κ3) is 1.25. The lowest BCUT2D eigenvalue weighted by Gasteiger charge is -2.16. The summed E-state index contributed by atoms with van der Waals surface area (Å²) in [5.74, 6) is -0.227. The maximum absolute atomic E-state index is 11.1. The lowest BCUT2D eigenvalue weighted by atomic mass is 10.2. The highest BCUT2D eigenvalue weighted by Crippen LogP contribution is 2.22. The zero-order valence-electron chi connectivity index (χ0n) is 6.42. The fourth-order valence-corrected chi connectivity index (χ4v) is 1.06. The minimum Gasteiger partial charge on any atom is -0.366 e. The Morgan fingerprint density at radius 2 is 2.55 bits per heavy atom. The summed E-state index contributed by atoms with van der Waals surface area (Å²) in [5, 5.41) is 12.0. The molecule has 1 aliphatic carbocycles. The highest BCUT2D eigenvalue weighted by atomic mass is 16.3. The molecule has 0 saturated heterocycles. The molecule has 0 aromatic rings. The number of likely N-dealkylation sites (N-methyl/N-ethyl adjacent to an activating group) is 1. The number of allylic oxidation sites excluding steroid dienone is 2. The van der Waals surface area contributed by atoms with Crippen molar-refractivity contribution in [3.8, 4) is 0 Å². The first-order valence-electron chi connectivity index (χ1n) is 3.41. The molecule has 3 nitrogen and oxygen atoms in total. The maximum atomic E-state index is 11.1. The van der Waals surface area contributed by atoms with Gasteiger partial charge in [0.2, 0.25) is 0 Å². The molecule has 60 valence electrons. The Balaban J connectivity index is 2.91. The quantitative estimate of drug-likeness (QED) is 0.548. The molecule has 0 bridgehead atoms. The van der Waals surface area contributed by atoms with Crippen molar-refractivity contribution >= 4 is 5.78 Å². The number of carbonyl (C=O) groups is 1. The number of nitrogens with one attached hydrogen (secondary N) is 1. The average molecular weight is 153 g/mol. The van der Waals surface area contributed by atoms with E-state index < -0.39 is 5.72 Å². The maximum Gasteiger partial charge on any atom is 0.196 e. The molecule has 0 aliphatic heterocycles. The average Bonchev–Trinajstić information content (AvgIpc) is 2.29. The summed E-state index contributed by atoms with van der Waals surface area (Å²) >= 11 is 0. The van der Waals surface area contributed by atoms with Gasteiger partial charge in [-0.2, -0.15) is 0 Å². The van der Waals surface area contributed by atoms with Crippen molar-refractivity contribution < 1.29 is 9.90 Å². The Bertz CT molecular complexity index is 232. The molecule has 0 aromatic carbocycles. The normalized spacial score (nSPS) is 30.4. The SMILES string of the molecule is C=CC1=CC(O)(NC)C(=O)C1. The van der Waals surface area contributed by atoms with Gasteiger partial charge in [0.15, 0.2) is 11.5 Å². The van der Waals surface area contributed by atoms with Crippen LogP contribution in [-0.2, 0) is 4.79 Å². The van der Waals surface area contributed by atoms with E-state index in [2.05, 4.69) is 11.9 Å². The summed E-state index contributed by atoms with van der Waals surface area (Å²) < 4.78 is 0. The molecule has 1 atom stereocenters. The number of hydrogen-bond acceptors (Lipinski definition) is 3. The predicted octanol–water partition coefficient (Wildman–Crippen LogP) is -0.0204. The third-order valence-electron chi connectivity index (χ3n) is 1.83. The van der Waals surface area contributed by atoms with E-state index in [9.17, 15) is 9.90 Å². The van der Waals surface area contributed by atoms with Crippen LogP contribution in [0.15, 0.2) is 24.3 Å². The molecule has 1 aliphatic rings. The Morgan fingerprint density at radius 3 is 2.82 bits per heavy atom. The van der Waals surface area contributed by atoms with Gasteiger partial charge in [-0.15, -0.1) is 0 Å². The topological polar surface area (TPSA) is 49.3 Å². The summed E-state index contributed by atoms with van der Waals surface area (Å²) in [5.41, 5.74) is -0.685. The van der Waals surface area contributed by atoms with Gasteiger partial charge in [0.1, 0.15) is 0 Å². The van der Waals surface area contributed by atoms with Crippen LogP contribution < -0.4 is 5.32 Å². The van der Waals surface area contributed by atoms with Crippen LogP contribution in [0, 0.1) is 0 Å². The molecule has 0 aromatic heterocycles. The van der Waals surface area contributed by atoms with Crippen molar-refractivity contribution in [3.63, 3.8) is 0 Å². The molecule has 1 unspecified atom stereocenters. The van der Waals surface area contributed by atoms with Gasteiger partial charge in [0.25, 0.3) is 0 Å². The second kappa shape index (κ2) is 2.60. The van der Waals surface area contributed by atoms with Crippen LogP contribution >= 0.6 is 0 Å². The van der Waals surface area contributed by atoms with E-state index in [0.717, 1.165) is 5.57 Å². The fourth-order valence-electron chi connectivity index (χ4n) is 1.06. The van der Waals surface area contributed by atoms with Crippen molar-refractivity contribution in [2.45, 2.75) is 12.1 Å². The van der Waals surface area contributed by atoms with Gasteiger partial charge >= 0.3 is 0 Å². The molecule has 0 heterocycles. The first kappa shape index (κ1) is 8.17. The Kier molecular flexibility index (Phi) is 1.93. The highest BCUT2D eigenvalue weighted by Gasteiger charge is 2.36. The zero-order valence-corrected chi connectivity index (χ0v) is 6.42. The first-order valence-corrected chi connectivity index (χ1v) is 3.41. The molecular formula is C8H11NO2. The molecule has 0 amide bonds. The van der Waals surface area contributed by atoms with E-state index in [4.69, 9.17) is 0 Å². The van der Waals surface area contributed by atoms with Crippen molar-refractivity contribution in [2.75, 3.05) is 7.05 Å². The van der Waals surface area contributed by atoms with Gasteiger partial charge in [-0.1, -0.05) is 12.7 Å². The van der Waals surface area contributed by atoms with E-state index in [-0.39, 0.29) is 12.2 Å². The van der Waals surface area contributed by atoms with Gasteiger partial charge in [-0.25, -0.2) is 0 Å². The van der Waals surface area contributed by atoms with Crippen molar-refractivity contribution in [1.29, 1.82) is 0 Å². The zero-order chi connectivity index (χ0) is 8.48. The molecule has 0 radical (unpaired) electrons. The van der Waals surface area contributed by atoms with Crippen LogP contribution in [0.4, 0.5) is 0 Å². The number of Topliss-reactive ketones (excluding diaryl/α,β-unsaturated/α-hetero) is 1. The van der Waals surface area contributed by atoms with E-state index in [0.29, 0.717) is 0 Å². The van der Waals surface area contributed by atoms with Crippen LogP contribution in [0.3, 0.4) is 0 Å². The second-order valence-corrected chi connectivity index (χ2v) is 2.54. The largest absolute Gasteiger partial charge is 0.366 e. The van der Waals surface area contributed by atoms with E-state index in [1.54, 1.807) is 13.1 Å². The van der Waals surface area contributed by atoms with Crippen molar-refractivity contribution in [1.82, 2.24) is 5.32 Å². The Labute approximate surface area is 65.4 Å². The second-order valence-electron chi connectivity index (χ2n) is 2.54. The Hall–Kier alpha value is -0.930. The lowest BCUT2D eigenvalue weighted by molar-refractivity contribution is -0.132. The van der Waals surface area contributed by atoms with E-state index >= 15 is 0 Å². The van der Waals surface area contributed by atoms with Crippen molar-refractivity contribution in [3.05, 3.63) is 24.3 Å². The van der Waals surface area contributed by atoms with Gasteiger partial charge in [-0.3, -0.25) is 10.1 Å². The summed E-state index contributed by atoms with van der Waals surface area (Å²) in [4.78, 5) is 11.1. The molecule has 3 heteroatoms. The molecule has 0 saturated carbocycles. The van der Waals surface area contributed by atoms with Crippen LogP contribution in [0.2, 0.25) is 0 Å². The molecule has 11 heavy (non-hydrogen) atoms. The van der Waals surface area contributed by atoms with Crippen molar-refractivity contribution in [2.24, 2.45) is 0 Å². The predicted molar refractivity (Wildman–Crippen MR) is 41.9 cm³/mol. The van der Waals surface area contributed by atoms with Crippen LogP contribution in [0.25, 0.3) is 0 Å².